The van der Waals surface area contributed by atoms with E-state index in [1.54, 1.807) is 0 Å². The maximum Gasteiger partial charge on any atom is 0.125 e. The topological polar surface area (TPSA) is 89.3 Å². The fourth-order valence-corrected chi connectivity index (χ4v) is 1.46. The summed E-state index contributed by atoms with van der Waals surface area (Å²) in [4.78, 5) is 4.24. The van der Waals surface area contributed by atoms with Crippen molar-refractivity contribution >= 4 is 21.8 Å². The molecule has 0 spiro atoms. The number of hydrazone groups is 1. The number of hydrogen-bond acceptors (Lipinski definition) is 4. The largest absolute Gasteiger partial charge is 0.385 e. The van der Waals surface area contributed by atoms with E-state index in [9.17, 15) is 0 Å². The van der Waals surface area contributed by atoms with Gasteiger partial charge in [0.05, 0.1) is 0 Å². The van der Waals surface area contributed by atoms with Gasteiger partial charge in [-0.2, -0.15) is 5.10 Å². The highest BCUT2D eigenvalue weighted by atomic mass is 79.9. The molecule has 0 amide bonds. The zero-order chi connectivity index (χ0) is 12.6. The van der Waals surface area contributed by atoms with E-state index in [1.165, 1.54) is 0 Å². The Morgan fingerprint density at radius 1 is 1.50 bits per heavy atom. The van der Waals surface area contributed by atoms with Gasteiger partial charge in [0.2, 0.25) is 0 Å². The third kappa shape index (κ3) is 5.09. The molecule has 0 atom stereocenters. The average Bonchev–Trinajstić information content (AvgIpc) is 2.26. The van der Waals surface area contributed by atoms with Crippen molar-refractivity contribution in [3.63, 3.8) is 0 Å². The number of halogens is 1. The van der Waals surface area contributed by atoms with Crippen LogP contribution < -0.4 is 17.1 Å². The lowest BCUT2D eigenvalue weighted by atomic mass is 10.1. The van der Waals surface area contributed by atoms with Crippen molar-refractivity contribution in [1.29, 1.82) is 0 Å². The molecule has 0 bridgehead atoms. The van der Waals surface area contributed by atoms with Crippen LogP contribution in [0.25, 0.3) is 0 Å². The second-order valence-electron chi connectivity index (χ2n) is 2.79. The van der Waals surface area contributed by atoms with E-state index < -0.39 is 0 Å². The molecule has 6 heteroatoms. The molecular formula is C10H18BrN5. The van der Waals surface area contributed by atoms with Gasteiger partial charge in [0, 0.05) is 12.1 Å². The summed E-state index contributed by atoms with van der Waals surface area (Å²) in [5, 5.41) is 3.67. The van der Waals surface area contributed by atoms with Crippen LogP contribution in [-0.4, -0.2) is 10.8 Å². The number of nitrogens with one attached hydrogen (secondary N) is 1. The maximum atomic E-state index is 5.59. The summed E-state index contributed by atoms with van der Waals surface area (Å²) in [6.45, 7) is 5.92. The lowest BCUT2D eigenvalue weighted by Crippen LogP contribution is -2.24. The number of nitrogens with two attached hydrogens (primary N) is 2. The monoisotopic (exact) mass is 287 g/mol. The molecule has 90 valence electrons. The molecule has 0 aliphatic carbocycles. The van der Waals surface area contributed by atoms with Crippen molar-refractivity contribution in [2.75, 3.05) is 0 Å². The molecule has 1 aromatic heterocycles. The number of pyridine rings is 1. The van der Waals surface area contributed by atoms with Crippen LogP contribution >= 0.6 is 15.9 Å². The summed E-state index contributed by atoms with van der Waals surface area (Å²) in [5.74, 6) is 5.43. The molecule has 0 saturated carbocycles. The second-order valence-corrected chi connectivity index (χ2v) is 3.60. The smallest absolute Gasteiger partial charge is 0.125 e. The van der Waals surface area contributed by atoms with Gasteiger partial charge in [-0.1, -0.05) is 19.9 Å². The zero-order valence-electron chi connectivity index (χ0n) is 9.79. The third-order valence-electron chi connectivity index (χ3n) is 1.74. The normalized spacial score (nSPS) is 10.4. The van der Waals surface area contributed by atoms with Gasteiger partial charge in [-0.25, -0.2) is 16.4 Å². The SMILES string of the molecule is CC.Cc1nc(Br)ccc1C/C(N)=N/NN. The average molecular weight is 288 g/mol. The first-order valence-corrected chi connectivity index (χ1v) is 5.82. The summed E-state index contributed by atoms with van der Waals surface area (Å²) in [7, 11) is 0. The van der Waals surface area contributed by atoms with Gasteiger partial charge < -0.3 is 5.73 Å². The fourth-order valence-electron chi connectivity index (χ4n) is 1.06. The molecule has 16 heavy (non-hydrogen) atoms. The van der Waals surface area contributed by atoms with E-state index in [0.717, 1.165) is 15.9 Å². The molecule has 5 N–H and O–H groups in total. The van der Waals surface area contributed by atoms with E-state index in [-0.39, 0.29) is 0 Å². The first-order valence-electron chi connectivity index (χ1n) is 5.03. The number of nitrogens with zero attached hydrogens (tertiary/aromatic N) is 2. The molecule has 1 aromatic rings. The Morgan fingerprint density at radius 3 is 2.62 bits per heavy atom. The van der Waals surface area contributed by atoms with E-state index in [4.69, 9.17) is 11.6 Å². The van der Waals surface area contributed by atoms with Crippen LogP contribution in [-0.2, 0) is 6.42 Å². The van der Waals surface area contributed by atoms with Gasteiger partial charge in [0.1, 0.15) is 10.4 Å². The van der Waals surface area contributed by atoms with Crippen molar-refractivity contribution in [1.82, 2.24) is 10.5 Å². The zero-order valence-corrected chi connectivity index (χ0v) is 11.4. The van der Waals surface area contributed by atoms with Gasteiger partial charge >= 0.3 is 0 Å². The molecule has 0 fully saturated rings. The van der Waals surface area contributed by atoms with Crippen molar-refractivity contribution in [3.8, 4) is 0 Å². The minimum Gasteiger partial charge on any atom is -0.385 e. The van der Waals surface area contributed by atoms with Gasteiger partial charge in [-0.15, -0.1) is 0 Å². The van der Waals surface area contributed by atoms with Crippen molar-refractivity contribution in [2.45, 2.75) is 27.2 Å². The lowest BCUT2D eigenvalue weighted by Gasteiger charge is -2.04. The Labute approximate surface area is 104 Å². The van der Waals surface area contributed by atoms with Crippen LogP contribution in [0.1, 0.15) is 25.1 Å². The highest BCUT2D eigenvalue weighted by Crippen LogP contribution is 2.11. The molecule has 0 aromatic carbocycles. The number of rotatable bonds is 3. The second kappa shape index (κ2) is 8.06. The standard InChI is InChI=1S/C8H12BrN5.C2H6/c1-5-6(2-3-7(9)12-5)4-8(10)13-14-11;1-2/h2-3,14H,4,11H2,1H3,(H2,10,13);1-2H3. The highest BCUT2D eigenvalue weighted by molar-refractivity contribution is 9.10. The van der Waals surface area contributed by atoms with Crippen molar-refractivity contribution < 1.29 is 0 Å². The van der Waals surface area contributed by atoms with Crippen LogP contribution in [0, 0.1) is 6.92 Å². The molecule has 0 saturated heterocycles. The van der Waals surface area contributed by atoms with E-state index in [0.29, 0.717) is 12.3 Å². The predicted octanol–water partition coefficient (Wildman–Crippen LogP) is 1.46. The summed E-state index contributed by atoms with van der Waals surface area (Å²) >= 11 is 3.29. The van der Waals surface area contributed by atoms with Gasteiger partial charge in [0.25, 0.3) is 0 Å². The summed E-state index contributed by atoms with van der Waals surface area (Å²) in [5.41, 5.74) is 9.70. The predicted molar refractivity (Wildman–Crippen MR) is 70.7 cm³/mol. The first-order chi connectivity index (χ1) is 7.63. The Balaban J connectivity index is 0.00000106. The Morgan fingerprint density at radius 2 is 2.12 bits per heavy atom. The van der Waals surface area contributed by atoms with Crippen LogP contribution in [0.15, 0.2) is 21.8 Å². The third-order valence-corrected chi connectivity index (χ3v) is 2.18. The first kappa shape index (κ1) is 14.9. The van der Waals surface area contributed by atoms with Crippen molar-refractivity contribution in [2.24, 2.45) is 16.7 Å². The molecule has 0 aliphatic rings. The maximum absolute atomic E-state index is 5.59. The van der Waals surface area contributed by atoms with Gasteiger partial charge in [-0.05, 0) is 34.5 Å². The van der Waals surface area contributed by atoms with Crippen LogP contribution in [0.4, 0.5) is 0 Å². The Kier molecular flexibility index (Phi) is 7.49. The van der Waals surface area contributed by atoms with E-state index >= 15 is 0 Å². The Hall–Kier alpha value is -1.14. The molecule has 0 radical (unpaired) electrons. The summed E-state index contributed by atoms with van der Waals surface area (Å²) in [6, 6.07) is 3.82. The molecule has 1 rings (SSSR count). The summed E-state index contributed by atoms with van der Waals surface area (Å²) in [6.07, 6.45) is 0.538. The number of amidine groups is 1. The molecule has 1 heterocycles. The minimum absolute atomic E-state index is 0.430. The number of aryl methyl sites for hydroxylation is 1. The Bertz CT molecular complexity index is 351. The van der Waals surface area contributed by atoms with E-state index in [1.807, 2.05) is 32.9 Å². The molecule has 0 unspecified atom stereocenters. The number of hydrazine groups is 1. The quantitative estimate of drug-likeness (QED) is 0.258. The van der Waals surface area contributed by atoms with Crippen molar-refractivity contribution in [3.05, 3.63) is 28.0 Å². The lowest BCUT2D eigenvalue weighted by molar-refractivity contribution is 0.798. The minimum atomic E-state index is 0.430. The fraction of sp³-hybridized carbons (Fsp3) is 0.400. The highest BCUT2D eigenvalue weighted by Gasteiger charge is 2.02. The van der Waals surface area contributed by atoms with E-state index in [2.05, 4.69) is 31.6 Å². The van der Waals surface area contributed by atoms with Crippen LogP contribution in [0.2, 0.25) is 0 Å². The van der Waals surface area contributed by atoms with Gasteiger partial charge in [0.15, 0.2) is 0 Å². The summed E-state index contributed by atoms with van der Waals surface area (Å²) < 4.78 is 0.811. The van der Waals surface area contributed by atoms with Crippen LogP contribution in [0.3, 0.4) is 0 Å². The molecule has 0 aliphatic heterocycles. The van der Waals surface area contributed by atoms with Gasteiger partial charge in [-0.3, -0.25) is 0 Å². The molecular weight excluding hydrogens is 270 g/mol. The van der Waals surface area contributed by atoms with Crippen LogP contribution in [0.5, 0.6) is 0 Å². The number of aromatic nitrogens is 1. The number of hydrogen-bond donors (Lipinski definition) is 3. The molecule has 5 nitrogen and oxygen atoms in total.